The van der Waals surface area contributed by atoms with E-state index in [1.807, 2.05) is 0 Å². The van der Waals surface area contributed by atoms with E-state index >= 15 is 0 Å². The molecule has 28 heavy (non-hydrogen) atoms. The summed E-state index contributed by atoms with van der Waals surface area (Å²) in [5.41, 5.74) is 1.98. The number of nitro groups is 1. The van der Waals surface area contributed by atoms with Crippen LogP contribution in [-0.4, -0.2) is 40.2 Å². The lowest BCUT2D eigenvalue weighted by atomic mass is 10.0. The summed E-state index contributed by atoms with van der Waals surface area (Å²) < 4.78 is 10.8. The largest absolute Gasteiger partial charge is 0.376 e. The van der Waals surface area contributed by atoms with E-state index in [1.165, 1.54) is 12.1 Å². The van der Waals surface area contributed by atoms with Gasteiger partial charge in [-0.3, -0.25) is 14.9 Å². The molecule has 1 saturated heterocycles. The Bertz CT molecular complexity index is 1060. The molecule has 1 fully saturated rings. The lowest BCUT2D eigenvalue weighted by molar-refractivity contribution is -0.384. The predicted octanol–water partition coefficient (Wildman–Crippen LogP) is 3.02. The summed E-state index contributed by atoms with van der Waals surface area (Å²) in [5.74, 6) is -0.291. The third kappa shape index (κ3) is 3.44. The number of nitrogens with one attached hydrogen (secondary N) is 1. The van der Waals surface area contributed by atoms with Crippen molar-refractivity contribution in [2.75, 3.05) is 13.2 Å². The first-order valence-corrected chi connectivity index (χ1v) is 8.94. The first kappa shape index (κ1) is 18.1. The second kappa shape index (κ2) is 7.35. The van der Waals surface area contributed by atoms with Gasteiger partial charge in [-0.05, 0) is 25.8 Å². The average Bonchev–Trinajstić information content (AvgIpc) is 3.35. The molecule has 1 N–H and O–H groups in total. The summed E-state index contributed by atoms with van der Waals surface area (Å²) in [6.07, 6.45) is 1.92. The van der Waals surface area contributed by atoms with Crippen LogP contribution in [-0.2, 0) is 4.74 Å². The first-order valence-electron chi connectivity index (χ1n) is 8.94. The number of amides is 1. The highest BCUT2D eigenvalue weighted by atomic mass is 16.6. The molecule has 0 aliphatic carbocycles. The summed E-state index contributed by atoms with van der Waals surface area (Å²) in [5, 5.41) is 18.4. The maximum absolute atomic E-state index is 12.9. The second-order valence-corrected chi connectivity index (χ2v) is 6.66. The molecule has 0 radical (unpaired) electrons. The molecule has 0 unspecified atom stereocenters. The number of aryl methyl sites for hydroxylation is 1. The highest BCUT2D eigenvalue weighted by molar-refractivity contribution is 6.07. The topological polar surface area (TPSA) is 120 Å². The molecule has 9 heteroatoms. The molecule has 1 amide bonds. The number of non-ortho nitro benzene ring substituents is 1. The molecule has 3 aromatic rings. The van der Waals surface area contributed by atoms with Gasteiger partial charge < -0.3 is 14.6 Å². The number of pyridine rings is 1. The molecular formula is C19H18N4O5. The van der Waals surface area contributed by atoms with Gasteiger partial charge in [-0.15, -0.1) is 0 Å². The number of hydrogen-bond acceptors (Lipinski definition) is 7. The number of ether oxygens (including phenoxy) is 1. The van der Waals surface area contributed by atoms with Crippen molar-refractivity contribution >= 4 is 22.7 Å². The van der Waals surface area contributed by atoms with Crippen LogP contribution >= 0.6 is 0 Å². The van der Waals surface area contributed by atoms with Crippen LogP contribution in [0, 0.1) is 17.0 Å². The minimum atomic E-state index is -0.476. The molecule has 1 aliphatic rings. The number of carbonyl (C=O) groups is 1. The first-order chi connectivity index (χ1) is 13.5. The smallest absolute Gasteiger partial charge is 0.270 e. The van der Waals surface area contributed by atoms with E-state index < -0.39 is 4.92 Å². The Morgan fingerprint density at radius 2 is 2.25 bits per heavy atom. The Morgan fingerprint density at radius 1 is 1.39 bits per heavy atom. The van der Waals surface area contributed by atoms with E-state index in [0.717, 1.165) is 12.8 Å². The van der Waals surface area contributed by atoms with Gasteiger partial charge in [0, 0.05) is 30.8 Å². The number of aromatic nitrogens is 2. The zero-order valence-corrected chi connectivity index (χ0v) is 15.2. The highest BCUT2D eigenvalue weighted by Gasteiger charge is 2.22. The standard InChI is InChI=1S/C19H18N4O5/c1-11-17-15(18(24)20-10-14-6-3-7-27-14)9-16(21-19(17)28-22-11)12-4-2-5-13(8-12)23(25)26/h2,4-5,8-9,14H,3,6-7,10H2,1H3,(H,20,24)/t14-/m0/s1. The third-order valence-corrected chi connectivity index (χ3v) is 4.73. The van der Waals surface area contributed by atoms with Gasteiger partial charge in [0.15, 0.2) is 0 Å². The minimum absolute atomic E-state index is 0.0149. The molecule has 0 saturated carbocycles. The highest BCUT2D eigenvalue weighted by Crippen LogP contribution is 2.28. The van der Waals surface area contributed by atoms with E-state index in [4.69, 9.17) is 9.26 Å². The van der Waals surface area contributed by atoms with Crippen LogP contribution < -0.4 is 5.32 Å². The van der Waals surface area contributed by atoms with Crippen LogP contribution in [0.5, 0.6) is 0 Å². The van der Waals surface area contributed by atoms with Crippen LogP contribution in [0.2, 0.25) is 0 Å². The summed E-state index contributed by atoms with van der Waals surface area (Å²) in [7, 11) is 0. The summed E-state index contributed by atoms with van der Waals surface area (Å²) in [4.78, 5) is 27.8. The molecule has 4 rings (SSSR count). The van der Waals surface area contributed by atoms with Gasteiger partial charge in [0.2, 0.25) is 0 Å². The number of carbonyl (C=O) groups excluding carboxylic acids is 1. The molecule has 1 aromatic carbocycles. The molecular weight excluding hydrogens is 364 g/mol. The number of nitrogens with zero attached hydrogens (tertiary/aromatic N) is 3. The molecule has 0 bridgehead atoms. The molecule has 0 spiro atoms. The lowest BCUT2D eigenvalue weighted by Crippen LogP contribution is -2.32. The van der Waals surface area contributed by atoms with E-state index in [-0.39, 0.29) is 23.4 Å². The van der Waals surface area contributed by atoms with Crippen LogP contribution in [0.1, 0.15) is 28.9 Å². The Balaban J connectivity index is 1.72. The summed E-state index contributed by atoms with van der Waals surface area (Å²) in [6, 6.07) is 7.68. The molecule has 1 atom stereocenters. The SMILES string of the molecule is Cc1noc2nc(-c3cccc([N+](=O)[O-])c3)cc(C(=O)NC[C@@H]3CCCO3)c12. The van der Waals surface area contributed by atoms with E-state index in [0.29, 0.717) is 41.1 Å². The van der Waals surface area contributed by atoms with Crippen molar-refractivity contribution in [2.24, 2.45) is 0 Å². The number of rotatable bonds is 5. The molecule has 2 aromatic heterocycles. The van der Waals surface area contributed by atoms with Crippen molar-refractivity contribution in [3.8, 4) is 11.3 Å². The van der Waals surface area contributed by atoms with E-state index in [9.17, 15) is 14.9 Å². The van der Waals surface area contributed by atoms with Crippen molar-refractivity contribution < 1.29 is 19.0 Å². The zero-order chi connectivity index (χ0) is 19.7. The average molecular weight is 382 g/mol. The van der Waals surface area contributed by atoms with Crippen molar-refractivity contribution in [1.82, 2.24) is 15.5 Å². The van der Waals surface area contributed by atoms with Crippen molar-refractivity contribution in [3.63, 3.8) is 0 Å². The lowest BCUT2D eigenvalue weighted by Gasteiger charge is -2.12. The fraction of sp³-hybridized carbons (Fsp3) is 0.316. The number of nitro benzene ring substituents is 1. The second-order valence-electron chi connectivity index (χ2n) is 6.66. The van der Waals surface area contributed by atoms with Gasteiger partial charge in [-0.25, -0.2) is 4.98 Å². The normalized spacial score (nSPS) is 16.4. The maximum Gasteiger partial charge on any atom is 0.270 e. The van der Waals surface area contributed by atoms with Crippen LogP contribution in [0.4, 0.5) is 5.69 Å². The van der Waals surface area contributed by atoms with Gasteiger partial charge >= 0.3 is 0 Å². The minimum Gasteiger partial charge on any atom is -0.376 e. The van der Waals surface area contributed by atoms with Gasteiger partial charge in [-0.1, -0.05) is 17.3 Å². The number of fused-ring (bicyclic) bond motifs is 1. The number of hydrogen-bond donors (Lipinski definition) is 1. The third-order valence-electron chi connectivity index (χ3n) is 4.73. The Labute approximate surface area is 159 Å². The van der Waals surface area contributed by atoms with Gasteiger partial charge in [0.1, 0.15) is 0 Å². The van der Waals surface area contributed by atoms with E-state index in [2.05, 4.69) is 15.5 Å². The van der Waals surface area contributed by atoms with Gasteiger partial charge in [-0.2, -0.15) is 0 Å². The Kier molecular flexibility index (Phi) is 4.74. The zero-order valence-electron chi connectivity index (χ0n) is 15.2. The molecule has 9 nitrogen and oxygen atoms in total. The quantitative estimate of drug-likeness (QED) is 0.532. The van der Waals surface area contributed by atoms with Crippen LogP contribution in [0.3, 0.4) is 0 Å². The van der Waals surface area contributed by atoms with Crippen molar-refractivity contribution in [2.45, 2.75) is 25.9 Å². The molecule has 3 heterocycles. The summed E-state index contributed by atoms with van der Waals surface area (Å²) >= 11 is 0. The van der Waals surface area contributed by atoms with Gasteiger partial charge in [0.25, 0.3) is 17.3 Å². The predicted molar refractivity (Wildman–Crippen MR) is 99.9 cm³/mol. The summed E-state index contributed by atoms with van der Waals surface area (Å²) in [6.45, 7) is 2.86. The molecule has 144 valence electrons. The van der Waals surface area contributed by atoms with E-state index in [1.54, 1.807) is 25.1 Å². The van der Waals surface area contributed by atoms with Crippen LogP contribution in [0.25, 0.3) is 22.4 Å². The maximum atomic E-state index is 12.9. The van der Waals surface area contributed by atoms with Crippen molar-refractivity contribution in [1.29, 1.82) is 0 Å². The fourth-order valence-electron chi connectivity index (χ4n) is 3.31. The fourth-order valence-corrected chi connectivity index (χ4v) is 3.31. The monoisotopic (exact) mass is 382 g/mol. The molecule has 1 aliphatic heterocycles. The van der Waals surface area contributed by atoms with Gasteiger partial charge in [0.05, 0.1) is 33.4 Å². The Morgan fingerprint density at radius 3 is 3.00 bits per heavy atom. The van der Waals surface area contributed by atoms with Crippen molar-refractivity contribution in [3.05, 3.63) is 51.7 Å². The number of benzene rings is 1. The van der Waals surface area contributed by atoms with Crippen LogP contribution in [0.15, 0.2) is 34.9 Å². The Hall–Kier alpha value is -3.33.